The molecule has 2 aliphatic rings. The number of benzene rings is 2. The van der Waals surface area contributed by atoms with Crippen LogP contribution in [-0.2, 0) is 0 Å². The fraction of sp³-hybridized carbons (Fsp3) is 0.533. The number of carbonyl (C=O) groups excluding carboxylic acids is 4. The quantitative estimate of drug-likeness (QED) is 0.0212. The summed E-state index contributed by atoms with van der Waals surface area (Å²) in [5.74, 6) is -1.21. The van der Waals surface area contributed by atoms with Crippen molar-refractivity contribution in [2.45, 2.75) is 285 Å². The van der Waals surface area contributed by atoms with Gasteiger partial charge in [0, 0.05) is 82.4 Å². The largest absolute Gasteiger partial charge is 0.536 e. The normalized spacial score (nSPS) is 13.8. The Morgan fingerprint density at radius 3 is 1.03 bits per heavy atom. The van der Waals surface area contributed by atoms with E-state index >= 15 is 19.2 Å². The number of fused-ring (bicyclic) bond motifs is 6. The Kier molecular flexibility index (Phi) is 32.9. The first-order chi connectivity index (χ1) is 52.0. The zero-order valence-electron chi connectivity index (χ0n) is 63.5. The van der Waals surface area contributed by atoms with E-state index in [9.17, 15) is 10.5 Å². The van der Waals surface area contributed by atoms with Crippen molar-refractivity contribution in [1.29, 1.82) is 10.5 Å². The highest BCUT2D eigenvalue weighted by Crippen LogP contribution is 2.53. The van der Waals surface area contributed by atoms with Gasteiger partial charge in [0.25, 0.3) is 23.6 Å². The molecule has 6 aromatic heterocycles. The second-order valence-corrected chi connectivity index (χ2v) is 36.4. The third-order valence-electron chi connectivity index (χ3n) is 21.8. The smallest absolute Gasteiger partial charge is 0.274 e. The van der Waals surface area contributed by atoms with Crippen LogP contribution < -0.4 is 18.1 Å². The van der Waals surface area contributed by atoms with Crippen molar-refractivity contribution in [2.24, 2.45) is 11.8 Å². The van der Waals surface area contributed by atoms with E-state index in [0.717, 1.165) is 115 Å². The number of imide groups is 2. The van der Waals surface area contributed by atoms with Gasteiger partial charge in [-0.25, -0.2) is 0 Å². The molecule has 8 aromatic rings. The number of hydrogen-bond acceptors (Lipinski definition) is 12. The molecule has 2 aliphatic heterocycles. The number of nitrogens with zero attached hydrogens (tertiary/aromatic N) is 6. The van der Waals surface area contributed by atoms with Gasteiger partial charge in [0.05, 0.1) is 26.8 Å². The summed E-state index contributed by atoms with van der Waals surface area (Å²) in [4.78, 5) is 81.5. The molecule has 4 amide bonds. The van der Waals surface area contributed by atoms with Crippen LogP contribution in [0.1, 0.15) is 336 Å². The molecule has 0 N–H and O–H groups in total. The maximum Gasteiger partial charge on any atom is 0.536 e. The molecule has 0 saturated heterocycles. The van der Waals surface area contributed by atoms with Gasteiger partial charge in [-0.2, -0.15) is 20.2 Å². The molecule has 10 rings (SSSR count). The van der Waals surface area contributed by atoms with Crippen LogP contribution in [0.3, 0.4) is 0 Å². The van der Waals surface area contributed by atoms with Crippen LogP contribution in [0.25, 0.3) is 83.7 Å². The number of nitriles is 2. The van der Waals surface area contributed by atoms with E-state index in [1.807, 2.05) is 36.4 Å². The van der Waals surface area contributed by atoms with Gasteiger partial charge in [-0.1, -0.05) is 259 Å². The summed E-state index contributed by atoms with van der Waals surface area (Å²) < 4.78 is 4.37. The molecule has 2 aromatic carbocycles. The lowest BCUT2D eigenvalue weighted by molar-refractivity contribution is 0.0560. The van der Waals surface area contributed by atoms with Crippen molar-refractivity contribution in [3.63, 3.8) is 0 Å². The minimum atomic E-state index is -0.360. The number of unbranched alkanes of at least 4 members (excludes halogenated alkanes) is 32. The summed E-state index contributed by atoms with van der Waals surface area (Å²) in [5.41, 5.74) is 1.67. The average molecular weight is 1530 g/mol. The van der Waals surface area contributed by atoms with E-state index in [4.69, 9.17) is 13.1 Å². The highest BCUT2D eigenvalue weighted by molar-refractivity contribution is 7.27. The summed E-state index contributed by atoms with van der Waals surface area (Å²) in [5, 5.41) is 21.5. The second kappa shape index (κ2) is 42.8. The number of hydrogen-bond donors (Lipinski definition) is 0. The van der Waals surface area contributed by atoms with Gasteiger partial charge in [0.15, 0.2) is 0 Å². The predicted molar refractivity (Wildman–Crippen MR) is 452 cm³/mol. The van der Waals surface area contributed by atoms with E-state index < -0.39 is 0 Å². The fourth-order valence-electron chi connectivity index (χ4n) is 15.9. The van der Waals surface area contributed by atoms with Crippen molar-refractivity contribution in [2.75, 3.05) is 13.1 Å². The number of carbonyl (C=O) groups is 4. The molecular weight excluding hydrogens is 1420 g/mol. The first-order valence-corrected chi connectivity index (χ1v) is 45.5. The number of rotatable bonds is 48. The molecule has 0 saturated carbocycles. The first kappa shape index (κ1) is 81.7. The Bertz CT molecular complexity index is 4300. The molecule has 10 nitrogen and oxygen atoms in total. The van der Waals surface area contributed by atoms with Crippen molar-refractivity contribution >= 4 is 146 Å². The molecule has 8 heterocycles. The summed E-state index contributed by atoms with van der Waals surface area (Å²) in [6.45, 7) is 24.8. The van der Waals surface area contributed by atoms with Crippen LogP contribution in [0, 0.1) is 47.6 Å². The molecule has 2 atom stereocenters. The highest BCUT2D eigenvalue weighted by Gasteiger charge is 2.46. The van der Waals surface area contributed by atoms with Gasteiger partial charge in [0.2, 0.25) is 0 Å². The predicted octanol–water partition coefficient (Wildman–Crippen LogP) is 25.7. The van der Waals surface area contributed by atoms with Crippen molar-refractivity contribution in [1.82, 2.24) is 9.80 Å². The van der Waals surface area contributed by atoms with Crippen LogP contribution in [0.15, 0.2) is 60.7 Å². The van der Waals surface area contributed by atoms with Crippen LogP contribution in [0.5, 0.6) is 0 Å². The molecule has 0 spiro atoms. The fourth-order valence-corrected chi connectivity index (χ4v) is 22.3. The Hall–Kier alpha value is -6.86. The number of amides is 4. The van der Waals surface area contributed by atoms with Crippen LogP contribution in [0.4, 0.5) is 0 Å². The molecule has 0 bridgehead atoms. The zero-order valence-corrected chi connectivity index (χ0v) is 68.4. The highest BCUT2D eigenvalue weighted by atomic mass is 32.1. The van der Waals surface area contributed by atoms with Gasteiger partial charge in [0.1, 0.15) is 35.4 Å². The van der Waals surface area contributed by atoms with E-state index in [0.29, 0.717) is 62.3 Å². The van der Waals surface area contributed by atoms with E-state index in [1.165, 1.54) is 225 Å². The Morgan fingerprint density at radius 2 is 0.698 bits per heavy atom. The SMILES string of the molecule is [C-]#[N+]C([N+]#[C-])=c1cc/c(=C\c2ccc(-c3cc4c5c6c(c7sc(-c8ccc(/C=c9\ccc(=C(C#N)C#N)s9)s8)cc7c7c6c(c4s3)C(=O)N(CC(CCCCCCCCCC)CCCCCCCCCCCC)C7=O)C(=O)N(CC(CCCCCCCCCC)CCCCCCCCCCCC)C5=O)s2)s1. The summed E-state index contributed by atoms with van der Waals surface area (Å²) in [6.07, 6.45) is 51.5. The second-order valence-electron chi connectivity index (χ2n) is 29.8. The van der Waals surface area contributed by atoms with E-state index in [2.05, 4.69) is 85.9 Å². The maximum absolute atomic E-state index is 16.5. The van der Waals surface area contributed by atoms with Gasteiger partial charge >= 0.3 is 5.82 Å². The minimum absolute atomic E-state index is 0.0463. The van der Waals surface area contributed by atoms with Gasteiger partial charge in [-0.15, -0.1) is 68.0 Å². The molecule has 0 radical (unpaired) electrons. The monoisotopic (exact) mass is 1530 g/mol. The third kappa shape index (κ3) is 21.3. The standard InChI is InChI=1S/C90H110N6O4S6/c1-7-11-15-19-23-27-29-33-37-41-45-63(43-39-35-31-25-21-17-13-9-3)61-95-87(97)78-70-57-76(73-52-48-67(102-73)55-66-47-51-72(101-66)65(59-91)60-92)105-84(70)82-81-79(88(98)96(89(82)99)62-64(44-40-36-32-26-22-18-14-10-4)46-42-38-34-30-28-24-20-16-12-8-2)71-58-77(106-85(71)83(80(78)81)90(95)100)74-53-49-68(103-74)56-69-50-54-75(104-69)86(93-5)94-6/h47-58,63-64H,7-46,61-62H2,1-4H3/b66-55+,69-56+. The topological polar surface area (TPSA) is 131 Å². The van der Waals surface area contributed by atoms with Crippen molar-refractivity contribution in [3.8, 4) is 31.6 Å². The summed E-state index contributed by atoms with van der Waals surface area (Å²) in [6, 6.07) is 24.0. The molecule has 2 unspecified atom stereocenters. The maximum atomic E-state index is 16.5. The molecule has 16 heteroatoms. The van der Waals surface area contributed by atoms with E-state index in [1.54, 1.807) is 32.5 Å². The lowest BCUT2D eigenvalue weighted by Crippen LogP contribution is -2.46. The summed E-state index contributed by atoms with van der Waals surface area (Å²) >= 11 is 8.97. The lowest BCUT2D eigenvalue weighted by atomic mass is 9.82. The average Bonchev–Trinajstić information content (AvgIpc) is 1.32. The van der Waals surface area contributed by atoms with Gasteiger partial charge < -0.3 is 0 Å². The van der Waals surface area contributed by atoms with Crippen LogP contribution in [-0.4, -0.2) is 46.5 Å². The van der Waals surface area contributed by atoms with E-state index in [-0.39, 0.29) is 59.9 Å². The van der Waals surface area contributed by atoms with Gasteiger partial charge in [-0.3, -0.25) is 29.0 Å². The summed E-state index contributed by atoms with van der Waals surface area (Å²) in [7, 11) is 0. The Morgan fingerprint density at radius 1 is 0.387 bits per heavy atom. The lowest BCUT2D eigenvalue weighted by Gasteiger charge is -2.35. The molecular formula is C90H110N6O4S6. The van der Waals surface area contributed by atoms with Crippen LogP contribution >= 0.6 is 68.0 Å². The Labute approximate surface area is 655 Å². The molecule has 0 fully saturated rings. The zero-order chi connectivity index (χ0) is 74.6. The number of thiophene rings is 6. The molecule has 106 heavy (non-hydrogen) atoms. The van der Waals surface area contributed by atoms with Crippen LogP contribution in [0.2, 0.25) is 0 Å². The first-order valence-electron chi connectivity index (χ1n) is 40.6. The van der Waals surface area contributed by atoms with Crippen molar-refractivity contribution < 1.29 is 19.2 Å². The molecule has 0 aliphatic carbocycles. The van der Waals surface area contributed by atoms with Crippen molar-refractivity contribution in [3.05, 3.63) is 134 Å². The van der Waals surface area contributed by atoms with Gasteiger partial charge in [-0.05, 0) is 110 Å². The third-order valence-corrected chi connectivity index (χ3v) is 28.6. The Balaban J connectivity index is 1.10. The minimum Gasteiger partial charge on any atom is -0.274 e. The molecule has 560 valence electrons.